The van der Waals surface area contributed by atoms with Crippen molar-refractivity contribution in [2.75, 3.05) is 17.2 Å². The first-order valence-electron chi connectivity index (χ1n) is 9.85. The summed E-state index contributed by atoms with van der Waals surface area (Å²) in [7, 11) is 1.87. The van der Waals surface area contributed by atoms with Crippen molar-refractivity contribution in [3.63, 3.8) is 0 Å². The third-order valence-electron chi connectivity index (χ3n) is 5.18. The van der Waals surface area contributed by atoms with E-state index in [-0.39, 0.29) is 24.7 Å². The molecule has 1 N–H and O–H groups in total. The first-order chi connectivity index (χ1) is 14.6. The lowest BCUT2D eigenvalue weighted by Gasteiger charge is -2.28. The smallest absolute Gasteiger partial charge is 0.227 e. The van der Waals surface area contributed by atoms with Crippen molar-refractivity contribution in [2.24, 2.45) is 7.05 Å². The summed E-state index contributed by atoms with van der Waals surface area (Å²) in [5.41, 5.74) is 5.30. The molecule has 7 nitrogen and oxygen atoms in total. The van der Waals surface area contributed by atoms with Crippen LogP contribution in [0, 0.1) is 0 Å². The van der Waals surface area contributed by atoms with Gasteiger partial charge < -0.3 is 10.2 Å². The minimum atomic E-state index is -0.144. The van der Waals surface area contributed by atoms with Gasteiger partial charge in [0.05, 0.1) is 17.9 Å². The Morgan fingerprint density at radius 1 is 1.07 bits per heavy atom. The lowest BCUT2D eigenvalue weighted by atomic mass is 9.95. The number of fused-ring (bicyclic) bond motifs is 5. The van der Waals surface area contributed by atoms with E-state index in [1.165, 1.54) is 0 Å². The average Bonchev–Trinajstić information content (AvgIpc) is 3.14. The minimum Gasteiger partial charge on any atom is -0.355 e. The molecule has 2 amide bonds. The number of amides is 2. The van der Waals surface area contributed by atoms with Crippen LogP contribution >= 0.6 is 12.6 Å². The van der Waals surface area contributed by atoms with Crippen molar-refractivity contribution >= 4 is 30.1 Å². The summed E-state index contributed by atoms with van der Waals surface area (Å²) >= 11 is 4.09. The molecule has 1 aliphatic heterocycles. The summed E-state index contributed by atoms with van der Waals surface area (Å²) in [5.74, 6) is 0.316. The molecule has 0 saturated heterocycles. The van der Waals surface area contributed by atoms with E-state index < -0.39 is 0 Å². The van der Waals surface area contributed by atoms with Gasteiger partial charge in [-0.25, -0.2) is 4.68 Å². The molecule has 2 heterocycles. The molecule has 8 heteroatoms. The number of aryl methyl sites for hydroxylation is 1. The van der Waals surface area contributed by atoms with E-state index in [2.05, 4.69) is 28.3 Å². The third kappa shape index (κ3) is 3.82. The van der Waals surface area contributed by atoms with Crippen LogP contribution in [0.5, 0.6) is 0 Å². The molecule has 0 atom stereocenters. The molecule has 0 fully saturated rings. The Balaban J connectivity index is 1.74. The molecule has 0 saturated carbocycles. The molecule has 154 valence electrons. The number of nitrogens with zero attached hydrogens (tertiary/aromatic N) is 4. The van der Waals surface area contributed by atoms with Crippen LogP contribution in [0.25, 0.3) is 22.5 Å². The molecule has 0 bridgehead atoms. The zero-order chi connectivity index (χ0) is 21.1. The number of rotatable bonds is 5. The molecule has 1 aliphatic rings. The predicted molar refractivity (Wildman–Crippen MR) is 119 cm³/mol. The van der Waals surface area contributed by atoms with Gasteiger partial charge in [-0.1, -0.05) is 47.7 Å². The first-order valence-corrected chi connectivity index (χ1v) is 10.5. The van der Waals surface area contributed by atoms with Crippen LogP contribution in [0.3, 0.4) is 0 Å². The number of nitrogens with one attached hydrogen (secondary N) is 1. The van der Waals surface area contributed by atoms with E-state index in [9.17, 15) is 9.59 Å². The SMILES string of the molecule is Cn1nnc2c1-c1ccccc1CN(C(=O)CCC(=O)NCCS)c1ccccc1-2. The largest absolute Gasteiger partial charge is 0.355 e. The van der Waals surface area contributed by atoms with Gasteiger partial charge in [-0.05, 0) is 11.6 Å². The van der Waals surface area contributed by atoms with Gasteiger partial charge in [-0.15, -0.1) is 5.10 Å². The van der Waals surface area contributed by atoms with Gasteiger partial charge in [-0.3, -0.25) is 9.59 Å². The van der Waals surface area contributed by atoms with Crippen LogP contribution in [0.1, 0.15) is 18.4 Å². The summed E-state index contributed by atoms with van der Waals surface area (Å²) in [5, 5.41) is 11.4. The number of benzene rings is 2. The standard InChI is InChI=1S/C22H23N5O2S/c1-26-22-16-7-3-2-6-15(16)14-27(20(29)11-10-19(28)23-12-13-30)18-9-5-4-8-17(18)21(22)24-25-26/h2-9,30H,10-14H2,1H3,(H,23,28). The second-order valence-corrected chi connectivity index (χ2v) is 7.59. The monoisotopic (exact) mass is 421 g/mol. The number of hydrogen-bond acceptors (Lipinski definition) is 5. The summed E-state index contributed by atoms with van der Waals surface area (Å²) in [6.45, 7) is 0.903. The van der Waals surface area contributed by atoms with Gasteiger partial charge in [0.2, 0.25) is 11.8 Å². The highest BCUT2D eigenvalue weighted by atomic mass is 32.1. The summed E-state index contributed by atoms with van der Waals surface area (Å²) in [6, 6.07) is 15.7. The summed E-state index contributed by atoms with van der Waals surface area (Å²) in [4.78, 5) is 27.0. The van der Waals surface area contributed by atoms with E-state index >= 15 is 0 Å². The van der Waals surface area contributed by atoms with Crippen molar-refractivity contribution in [1.82, 2.24) is 20.3 Å². The normalized spacial score (nSPS) is 12.3. The van der Waals surface area contributed by atoms with Gasteiger partial charge in [-0.2, -0.15) is 12.6 Å². The van der Waals surface area contributed by atoms with Crippen LogP contribution in [0.15, 0.2) is 48.5 Å². The van der Waals surface area contributed by atoms with Crippen LogP contribution in [-0.2, 0) is 23.2 Å². The highest BCUT2D eigenvalue weighted by Gasteiger charge is 2.28. The van der Waals surface area contributed by atoms with E-state index in [0.717, 1.165) is 33.8 Å². The quantitative estimate of drug-likeness (QED) is 0.621. The van der Waals surface area contributed by atoms with Gasteiger partial charge in [0.25, 0.3) is 0 Å². The van der Waals surface area contributed by atoms with Crippen molar-refractivity contribution < 1.29 is 9.59 Å². The number of carbonyl (C=O) groups is 2. The molecular weight excluding hydrogens is 398 g/mol. The van der Waals surface area contributed by atoms with Gasteiger partial charge >= 0.3 is 0 Å². The Kier molecular flexibility index (Phi) is 5.85. The minimum absolute atomic E-state index is 0.106. The van der Waals surface area contributed by atoms with Crippen molar-refractivity contribution in [3.8, 4) is 22.5 Å². The van der Waals surface area contributed by atoms with E-state index in [4.69, 9.17) is 0 Å². The Morgan fingerprint density at radius 3 is 2.60 bits per heavy atom. The van der Waals surface area contributed by atoms with E-state index in [0.29, 0.717) is 18.8 Å². The number of para-hydroxylation sites is 1. The highest BCUT2D eigenvalue weighted by Crippen LogP contribution is 2.40. The fraction of sp³-hybridized carbons (Fsp3) is 0.273. The van der Waals surface area contributed by atoms with E-state index in [1.54, 1.807) is 9.58 Å². The van der Waals surface area contributed by atoms with Crippen LogP contribution in [0.2, 0.25) is 0 Å². The number of anilines is 1. The maximum absolute atomic E-state index is 13.2. The maximum Gasteiger partial charge on any atom is 0.227 e. The van der Waals surface area contributed by atoms with Crippen molar-refractivity contribution in [3.05, 3.63) is 54.1 Å². The Labute approximate surface area is 180 Å². The maximum atomic E-state index is 13.2. The fourth-order valence-corrected chi connectivity index (χ4v) is 3.87. The zero-order valence-corrected chi connectivity index (χ0v) is 17.6. The Hall–Kier alpha value is -3.13. The van der Waals surface area contributed by atoms with Gasteiger partial charge in [0.1, 0.15) is 5.69 Å². The first kappa shape index (κ1) is 20.2. The number of hydrogen-bond donors (Lipinski definition) is 2. The molecule has 30 heavy (non-hydrogen) atoms. The molecule has 0 radical (unpaired) electrons. The molecular formula is C22H23N5O2S. The van der Waals surface area contributed by atoms with Crippen molar-refractivity contribution in [2.45, 2.75) is 19.4 Å². The number of carbonyl (C=O) groups excluding carboxylic acids is 2. The molecule has 2 aromatic carbocycles. The fourth-order valence-electron chi connectivity index (χ4n) is 3.76. The lowest BCUT2D eigenvalue weighted by Crippen LogP contribution is -2.33. The molecule has 0 aliphatic carbocycles. The number of aromatic nitrogens is 3. The third-order valence-corrected chi connectivity index (χ3v) is 5.40. The number of thiol groups is 1. The zero-order valence-electron chi connectivity index (χ0n) is 16.7. The van der Waals surface area contributed by atoms with Crippen LogP contribution < -0.4 is 10.2 Å². The molecule has 3 aromatic rings. The van der Waals surface area contributed by atoms with Crippen LogP contribution in [-0.4, -0.2) is 39.1 Å². The predicted octanol–water partition coefficient (Wildman–Crippen LogP) is 2.82. The topological polar surface area (TPSA) is 80.1 Å². The second-order valence-electron chi connectivity index (χ2n) is 7.14. The Morgan fingerprint density at radius 2 is 1.80 bits per heavy atom. The van der Waals surface area contributed by atoms with Gasteiger partial charge in [0, 0.05) is 43.3 Å². The van der Waals surface area contributed by atoms with Crippen molar-refractivity contribution in [1.29, 1.82) is 0 Å². The molecule has 0 unspecified atom stereocenters. The molecule has 1 aromatic heterocycles. The van der Waals surface area contributed by atoms with Crippen LogP contribution in [0.4, 0.5) is 5.69 Å². The second kappa shape index (κ2) is 8.71. The molecule has 4 rings (SSSR count). The average molecular weight is 422 g/mol. The summed E-state index contributed by atoms with van der Waals surface area (Å²) < 4.78 is 1.77. The lowest BCUT2D eigenvalue weighted by molar-refractivity contribution is -0.125. The van der Waals surface area contributed by atoms with Gasteiger partial charge in [0.15, 0.2) is 0 Å². The highest BCUT2D eigenvalue weighted by molar-refractivity contribution is 7.80. The Bertz CT molecular complexity index is 1090. The van der Waals surface area contributed by atoms with E-state index in [1.807, 2.05) is 55.6 Å². The summed E-state index contributed by atoms with van der Waals surface area (Å²) in [6.07, 6.45) is 0.269. The molecule has 0 spiro atoms.